The minimum absolute atomic E-state index is 0.223. The Balaban J connectivity index is 2.59. The van der Waals surface area contributed by atoms with Gasteiger partial charge in [0.15, 0.2) is 0 Å². The SMILES string of the molecule is O=S(=O)(O)CCCC(Br)(Br)c1ccccc1. The molecule has 1 rings (SSSR count). The van der Waals surface area contributed by atoms with Crippen molar-refractivity contribution < 1.29 is 13.0 Å². The first-order chi connectivity index (χ1) is 7.31. The van der Waals surface area contributed by atoms with Gasteiger partial charge in [0.25, 0.3) is 10.1 Å². The Morgan fingerprint density at radius 3 is 2.25 bits per heavy atom. The van der Waals surface area contributed by atoms with E-state index in [0.29, 0.717) is 12.8 Å². The fourth-order valence-corrected chi connectivity index (χ4v) is 2.90. The van der Waals surface area contributed by atoms with Crippen LogP contribution in [0.5, 0.6) is 0 Å². The highest BCUT2D eigenvalue weighted by Crippen LogP contribution is 2.42. The molecule has 0 saturated carbocycles. The van der Waals surface area contributed by atoms with E-state index in [9.17, 15) is 8.42 Å². The molecule has 0 heterocycles. The number of hydrogen-bond donors (Lipinski definition) is 1. The summed E-state index contributed by atoms with van der Waals surface area (Å²) in [5.41, 5.74) is 1.02. The smallest absolute Gasteiger partial charge is 0.264 e. The third kappa shape index (κ3) is 4.95. The van der Waals surface area contributed by atoms with Crippen LogP contribution in [0.15, 0.2) is 30.3 Å². The fourth-order valence-electron chi connectivity index (χ4n) is 1.30. The Labute approximate surface area is 112 Å². The summed E-state index contributed by atoms with van der Waals surface area (Å²) in [6, 6.07) is 9.62. The molecule has 0 fully saturated rings. The van der Waals surface area contributed by atoms with E-state index in [-0.39, 0.29) is 5.75 Å². The van der Waals surface area contributed by atoms with Crippen molar-refractivity contribution in [2.24, 2.45) is 0 Å². The second-order valence-electron chi connectivity index (χ2n) is 3.46. The Morgan fingerprint density at radius 2 is 1.75 bits per heavy atom. The lowest BCUT2D eigenvalue weighted by atomic mass is 10.1. The molecule has 1 aromatic carbocycles. The fraction of sp³-hybridized carbons (Fsp3) is 0.400. The minimum Gasteiger partial charge on any atom is -0.286 e. The third-order valence-electron chi connectivity index (χ3n) is 2.09. The summed E-state index contributed by atoms with van der Waals surface area (Å²) in [7, 11) is -3.87. The molecule has 0 spiro atoms. The molecule has 1 N–H and O–H groups in total. The number of benzene rings is 1. The van der Waals surface area contributed by atoms with Gasteiger partial charge in [0.1, 0.15) is 3.23 Å². The zero-order valence-electron chi connectivity index (χ0n) is 8.44. The topological polar surface area (TPSA) is 54.4 Å². The van der Waals surface area contributed by atoms with Crippen LogP contribution in [0.1, 0.15) is 18.4 Å². The lowest BCUT2D eigenvalue weighted by molar-refractivity contribution is 0.479. The van der Waals surface area contributed by atoms with E-state index in [1.165, 1.54) is 0 Å². The molecule has 0 aromatic heterocycles. The highest BCUT2D eigenvalue weighted by Gasteiger charge is 2.25. The van der Waals surface area contributed by atoms with Gasteiger partial charge >= 0.3 is 0 Å². The largest absolute Gasteiger partial charge is 0.286 e. The van der Waals surface area contributed by atoms with Gasteiger partial charge in [-0.2, -0.15) is 8.42 Å². The molecule has 0 aliphatic rings. The monoisotopic (exact) mass is 370 g/mol. The van der Waals surface area contributed by atoms with Crippen LogP contribution in [0.25, 0.3) is 0 Å². The van der Waals surface area contributed by atoms with Gasteiger partial charge in [0, 0.05) is 0 Å². The summed E-state index contributed by atoms with van der Waals surface area (Å²) in [6.45, 7) is 0. The van der Waals surface area contributed by atoms with Gasteiger partial charge in [-0.15, -0.1) is 0 Å². The molecule has 1 aromatic rings. The number of alkyl halides is 2. The predicted molar refractivity (Wildman–Crippen MR) is 71.6 cm³/mol. The van der Waals surface area contributed by atoms with Crippen LogP contribution in [-0.4, -0.2) is 18.7 Å². The quantitative estimate of drug-likeness (QED) is 0.638. The molecule has 0 unspecified atom stereocenters. The normalized spacial score (nSPS) is 12.7. The van der Waals surface area contributed by atoms with Gasteiger partial charge in [0.05, 0.1) is 5.75 Å². The number of hydrogen-bond acceptors (Lipinski definition) is 2. The summed E-state index contributed by atoms with van der Waals surface area (Å²) in [4.78, 5) is 0. The first-order valence-corrected chi connectivity index (χ1v) is 7.89. The van der Waals surface area contributed by atoms with Crippen molar-refractivity contribution in [3.63, 3.8) is 0 Å². The van der Waals surface area contributed by atoms with Gasteiger partial charge in [-0.25, -0.2) is 0 Å². The zero-order valence-corrected chi connectivity index (χ0v) is 12.4. The van der Waals surface area contributed by atoms with Crippen LogP contribution in [0.4, 0.5) is 0 Å². The molecule has 0 bridgehead atoms. The summed E-state index contributed by atoms with van der Waals surface area (Å²) in [5, 5.41) is 0. The van der Waals surface area contributed by atoms with Crippen molar-refractivity contribution in [2.75, 3.05) is 5.75 Å². The van der Waals surface area contributed by atoms with Crippen LogP contribution >= 0.6 is 31.9 Å². The van der Waals surface area contributed by atoms with E-state index in [0.717, 1.165) is 5.56 Å². The summed E-state index contributed by atoms with van der Waals surface area (Å²) in [6.07, 6.45) is 0.945. The summed E-state index contributed by atoms with van der Waals surface area (Å²) in [5.74, 6) is -0.223. The Kier molecular flexibility index (Phi) is 4.97. The van der Waals surface area contributed by atoms with Gasteiger partial charge in [-0.1, -0.05) is 62.2 Å². The summed E-state index contributed by atoms with van der Waals surface area (Å²) < 4.78 is 29.3. The average Bonchev–Trinajstić information content (AvgIpc) is 2.17. The molecular weight excluding hydrogens is 360 g/mol. The van der Waals surface area contributed by atoms with Crippen LogP contribution in [-0.2, 0) is 13.4 Å². The van der Waals surface area contributed by atoms with Crippen LogP contribution < -0.4 is 0 Å². The highest BCUT2D eigenvalue weighted by atomic mass is 79.9. The zero-order chi connectivity index (χ0) is 12.2. The van der Waals surface area contributed by atoms with Crippen molar-refractivity contribution in [1.29, 1.82) is 0 Å². The average molecular weight is 372 g/mol. The van der Waals surface area contributed by atoms with E-state index in [1.807, 2.05) is 30.3 Å². The first kappa shape index (κ1) is 14.2. The first-order valence-electron chi connectivity index (χ1n) is 4.70. The lowest BCUT2D eigenvalue weighted by Crippen LogP contribution is -2.12. The highest BCUT2D eigenvalue weighted by molar-refractivity contribution is 9.24. The molecule has 3 nitrogen and oxygen atoms in total. The Morgan fingerprint density at radius 1 is 1.19 bits per heavy atom. The van der Waals surface area contributed by atoms with E-state index < -0.39 is 13.4 Å². The number of halogens is 2. The van der Waals surface area contributed by atoms with Gasteiger partial charge in [0.2, 0.25) is 0 Å². The van der Waals surface area contributed by atoms with Crippen LogP contribution in [0, 0.1) is 0 Å². The maximum absolute atomic E-state index is 10.6. The van der Waals surface area contributed by atoms with Crippen molar-refractivity contribution in [3.05, 3.63) is 35.9 Å². The van der Waals surface area contributed by atoms with E-state index in [2.05, 4.69) is 31.9 Å². The second kappa shape index (κ2) is 5.62. The minimum atomic E-state index is -3.87. The molecule has 0 saturated heterocycles. The molecule has 0 aliphatic heterocycles. The maximum atomic E-state index is 10.6. The summed E-state index contributed by atoms with van der Waals surface area (Å²) >= 11 is 7.00. The molecule has 6 heteroatoms. The molecule has 90 valence electrons. The van der Waals surface area contributed by atoms with Crippen LogP contribution in [0.3, 0.4) is 0 Å². The van der Waals surface area contributed by atoms with Crippen LogP contribution in [0.2, 0.25) is 0 Å². The van der Waals surface area contributed by atoms with Crippen molar-refractivity contribution in [1.82, 2.24) is 0 Å². The Bertz CT molecular complexity index is 429. The number of rotatable bonds is 5. The predicted octanol–water partition coefficient (Wildman–Crippen LogP) is 3.30. The van der Waals surface area contributed by atoms with E-state index >= 15 is 0 Å². The molecule has 0 atom stereocenters. The second-order valence-corrected chi connectivity index (χ2v) is 8.80. The maximum Gasteiger partial charge on any atom is 0.264 e. The van der Waals surface area contributed by atoms with Crippen molar-refractivity contribution in [3.8, 4) is 0 Å². The molecular formula is C10H12Br2O3S. The van der Waals surface area contributed by atoms with E-state index in [1.54, 1.807) is 0 Å². The molecule has 0 amide bonds. The molecule has 0 aliphatic carbocycles. The van der Waals surface area contributed by atoms with Gasteiger partial charge in [-0.05, 0) is 18.4 Å². The van der Waals surface area contributed by atoms with Gasteiger partial charge in [-0.3, -0.25) is 4.55 Å². The lowest BCUT2D eigenvalue weighted by Gasteiger charge is -2.20. The standard InChI is InChI=1S/C10H12Br2O3S/c11-10(12,7-4-8-16(13,14)15)9-5-2-1-3-6-9/h1-3,5-6H,4,7-8H2,(H,13,14,15). The van der Waals surface area contributed by atoms with Crippen molar-refractivity contribution in [2.45, 2.75) is 16.1 Å². The van der Waals surface area contributed by atoms with Crippen molar-refractivity contribution >= 4 is 42.0 Å². The van der Waals surface area contributed by atoms with E-state index in [4.69, 9.17) is 4.55 Å². The molecule has 0 radical (unpaired) electrons. The third-order valence-corrected chi connectivity index (χ3v) is 4.60. The molecule has 16 heavy (non-hydrogen) atoms. The Hall–Kier alpha value is 0.0900. The van der Waals surface area contributed by atoms with Gasteiger partial charge < -0.3 is 0 Å².